The van der Waals surface area contributed by atoms with Crippen LogP contribution >= 0.6 is 0 Å². The molecule has 204 valence electrons. The SMILES string of the molecule is C=CCOC(=O)Nc1cccc(C2OC(CN(CC=C)C3CCCC3)C(C)C(c3ccc(CO)cc3)O2)c1. The van der Waals surface area contributed by atoms with E-state index in [9.17, 15) is 9.90 Å². The molecule has 2 N–H and O–H groups in total. The minimum Gasteiger partial charge on any atom is -0.445 e. The summed E-state index contributed by atoms with van der Waals surface area (Å²) in [5.74, 6) is 0.0927. The molecule has 2 aromatic rings. The fraction of sp³-hybridized carbons (Fsp3) is 0.452. The third-order valence-corrected chi connectivity index (χ3v) is 7.48. The predicted octanol–water partition coefficient (Wildman–Crippen LogP) is 6.14. The zero-order chi connectivity index (χ0) is 26.9. The summed E-state index contributed by atoms with van der Waals surface area (Å²) in [5.41, 5.74) is 3.33. The third kappa shape index (κ3) is 7.11. The Labute approximate surface area is 226 Å². The van der Waals surface area contributed by atoms with Crippen molar-refractivity contribution in [2.45, 2.75) is 63.8 Å². The maximum Gasteiger partial charge on any atom is 0.411 e. The molecule has 7 nitrogen and oxygen atoms in total. The van der Waals surface area contributed by atoms with E-state index < -0.39 is 12.4 Å². The molecular formula is C31H40N2O5. The van der Waals surface area contributed by atoms with Crippen molar-refractivity contribution in [2.24, 2.45) is 5.92 Å². The largest absolute Gasteiger partial charge is 0.445 e. The minimum atomic E-state index is -0.612. The topological polar surface area (TPSA) is 80.3 Å². The molecule has 1 amide bonds. The summed E-state index contributed by atoms with van der Waals surface area (Å²) in [7, 11) is 0. The molecule has 38 heavy (non-hydrogen) atoms. The number of benzene rings is 2. The second-order valence-electron chi connectivity index (χ2n) is 10.1. The highest BCUT2D eigenvalue weighted by Gasteiger charge is 2.40. The molecule has 0 spiro atoms. The lowest BCUT2D eigenvalue weighted by molar-refractivity contribution is -0.276. The van der Waals surface area contributed by atoms with Gasteiger partial charge in [0.2, 0.25) is 0 Å². The van der Waals surface area contributed by atoms with Crippen LogP contribution in [0.2, 0.25) is 0 Å². The van der Waals surface area contributed by atoms with E-state index >= 15 is 0 Å². The van der Waals surface area contributed by atoms with Crippen molar-refractivity contribution >= 4 is 11.8 Å². The molecule has 2 aliphatic rings. The van der Waals surface area contributed by atoms with Crippen molar-refractivity contribution in [3.63, 3.8) is 0 Å². The summed E-state index contributed by atoms with van der Waals surface area (Å²) in [5, 5.41) is 12.3. The van der Waals surface area contributed by atoms with Crippen LogP contribution in [0.15, 0.2) is 73.8 Å². The predicted molar refractivity (Wildman–Crippen MR) is 149 cm³/mol. The van der Waals surface area contributed by atoms with E-state index in [1.165, 1.54) is 31.8 Å². The van der Waals surface area contributed by atoms with Crippen LogP contribution in [0.5, 0.6) is 0 Å². The van der Waals surface area contributed by atoms with Gasteiger partial charge in [0, 0.05) is 36.3 Å². The molecule has 0 aromatic heterocycles. The van der Waals surface area contributed by atoms with Gasteiger partial charge in [-0.25, -0.2) is 4.79 Å². The third-order valence-electron chi connectivity index (χ3n) is 7.48. The number of hydrogen-bond donors (Lipinski definition) is 2. The first-order chi connectivity index (χ1) is 18.5. The average molecular weight is 521 g/mol. The summed E-state index contributed by atoms with van der Waals surface area (Å²) in [4.78, 5) is 14.6. The van der Waals surface area contributed by atoms with Gasteiger partial charge in [-0.2, -0.15) is 0 Å². The maximum absolute atomic E-state index is 12.1. The van der Waals surface area contributed by atoms with Crippen molar-refractivity contribution < 1.29 is 24.1 Å². The molecule has 4 rings (SSSR count). The molecule has 2 fully saturated rings. The number of hydrogen-bond acceptors (Lipinski definition) is 6. The highest BCUT2D eigenvalue weighted by atomic mass is 16.7. The van der Waals surface area contributed by atoms with Gasteiger partial charge in [-0.3, -0.25) is 10.2 Å². The number of carbonyl (C=O) groups is 1. The molecule has 0 radical (unpaired) electrons. The number of aliphatic hydroxyl groups excluding tert-OH is 1. The van der Waals surface area contributed by atoms with Crippen LogP contribution in [0.4, 0.5) is 10.5 Å². The van der Waals surface area contributed by atoms with E-state index in [0.717, 1.165) is 29.8 Å². The quantitative estimate of drug-likeness (QED) is 0.347. The Balaban J connectivity index is 1.59. The number of ether oxygens (including phenoxy) is 3. The van der Waals surface area contributed by atoms with Gasteiger partial charge in [0.05, 0.1) is 18.8 Å². The van der Waals surface area contributed by atoms with Gasteiger partial charge in [-0.15, -0.1) is 6.58 Å². The van der Waals surface area contributed by atoms with Crippen LogP contribution in [0.25, 0.3) is 0 Å². The second-order valence-corrected chi connectivity index (χ2v) is 10.1. The van der Waals surface area contributed by atoms with Gasteiger partial charge < -0.3 is 19.3 Å². The van der Waals surface area contributed by atoms with E-state index in [-0.39, 0.29) is 31.3 Å². The van der Waals surface area contributed by atoms with Crippen LogP contribution in [-0.2, 0) is 20.8 Å². The molecule has 0 bridgehead atoms. The lowest BCUT2D eigenvalue weighted by atomic mass is 9.89. The first kappa shape index (κ1) is 28.0. The van der Waals surface area contributed by atoms with E-state index in [1.54, 1.807) is 6.07 Å². The molecule has 7 heteroatoms. The summed E-state index contributed by atoms with van der Waals surface area (Å²) >= 11 is 0. The Hall–Kier alpha value is -2.97. The van der Waals surface area contributed by atoms with Gasteiger partial charge >= 0.3 is 6.09 Å². The molecule has 1 aliphatic heterocycles. The fourth-order valence-electron chi connectivity index (χ4n) is 5.42. The lowest BCUT2D eigenvalue weighted by Crippen LogP contribution is -2.47. The summed E-state index contributed by atoms with van der Waals surface area (Å²) in [6, 6.07) is 15.9. The van der Waals surface area contributed by atoms with Crippen LogP contribution in [0, 0.1) is 5.92 Å². The smallest absolute Gasteiger partial charge is 0.411 e. The summed E-state index contributed by atoms with van der Waals surface area (Å²) in [6.45, 7) is 11.5. The Kier molecular flexibility index (Phi) is 10.1. The van der Waals surface area contributed by atoms with Gasteiger partial charge in [-0.1, -0.05) is 74.9 Å². The highest BCUT2D eigenvalue weighted by Crippen LogP contribution is 2.42. The Morgan fingerprint density at radius 1 is 1.11 bits per heavy atom. The van der Waals surface area contributed by atoms with E-state index in [0.29, 0.717) is 11.7 Å². The number of carbonyl (C=O) groups excluding carboxylic acids is 1. The lowest BCUT2D eigenvalue weighted by Gasteiger charge is -2.43. The zero-order valence-electron chi connectivity index (χ0n) is 22.3. The molecule has 1 aliphatic carbocycles. The van der Waals surface area contributed by atoms with Crippen molar-refractivity contribution in [3.8, 4) is 0 Å². The zero-order valence-corrected chi connectivity index (χ0v) is 22.3. The summed E-state index contributed by atoms with van der Waals surface area (Å²) in [6.07, 6.45) is 7.01. The standard InChI is InChI=1S/C31H40N2O5/c1-4-17-33(27-11-6-7-12-27)20-28-22(3)29(24-15-13-23(21-34)14-16-24)38-30(37-28)25-9-8-10-26(19-25)32-31(35)36-18-5-2/h4-5,8-10,13-16,19,22,27-30,34H,1-2,6-7,11-12,17-18,20-21H2,3H3,(H,32,35). The molecule has 1 saturated carbocycles. The number of anilines is 1. The van der Waals surface area contributed by atoms with E-state index in [2.05, 4.69) is 30.3 Å². The van der Waals surface area contributed by atoms with E-state index in [1.807, 2.05) is 48.5 Å². The molecule has 4 atom stereocenters. The van der Waals surface area contributed by atoms with Crippen molar-refractivity contribution in [1.29, 1.82) is 0 Å². The molecule has 1 saturated heterocycles. The van der Waals surface area contributed by atoms with Crippen molar-refractivity contribution in [1.82, 2.24) is 4.90 Å². The first-order valence-electron chi connectivity index (χ1n) is 13.5. The summed E-state index contributed by atoms with van der Waals surface area (Å²) < 4.78 is 18.3. The van der Waals surface area contributed by atoms with Crippen LogP contribution in [-0.4, -0.2) is 47.9 Å². The number of aliphatic hydroxyl groups is 1. The Morgan fingerprint density at radius 2 is 1.87 bits per heavy atom. The molecule has 1 heterocycles. The normalized spacial score (nSPS) is 23.8. The van der Waals surface area contributed by atoms with Gasteiger partial charge in [0.25, 0.3) is 0 Å². The van der Waals surface area contributed by atoms with Crippen molar-refractivity contribution in [3.05, 3.63) is 90.5 Å². The number of amides is 1. The minimum absolute atomic E-state index is 0.00263. The number of nitrogens with zero attached hydrogens (tertiary/aromatic N) is 1. The van der Waals surface area contributed by atoms with Gasteiger partial charge in [0.1, 0.15) is 6.61 Å². The van der Waals surface area contributed by atoms with Crippen molar-refractivity contribution in [2.75, 3.05) is 25.0 Å². The molecule has 2 aromatic carbocycles. The monoisotopic (exact) mass is 520 g/mol. The van der Waals surface area contributed by atoms with Gasteiger partial charge in [0.15, 0.2) is 6.29 Å². The molecule has 4 unspecified atom stereocenters. The van der Waals surface area contributed by atoms with E-state index in [4.69, 9.17) is 14.2 Å². The van der Waals surface area contributed by atoms with Crippen LogP contribution < -0.4 is 5.32 Å². The number of rotatable bonds is 11. The Morgan fingerprint density at radius 3 is 2.55 bits per heavy atom. The number of nitrogens with one attached hydrogen (secondary N) is 1. The first-order valence-corrected chi connectivity index (χ1v) is 13.5. The Bertz CT molecular complexity index is 1070. The van der Waals surface area contributed by atoms with Crippen LogP contribution in [0.1, 0.15) is 61.7 Å². The van der Waals surface area contributed by atoms with Crippen LogP contribution in [0.3, 0.4) is 0 Å². The van der Waals surface area contributed by atoms with Gasteiger partial charge in [-0.05, 0) is 36.1 Å². The fourth-order valence-corrected chi connectivity index (χ4v) is 5.42. The second kappa shape index (κ2) is 13.7. The average Bonchev–Trinajstić information content (AvgIpc) is 3.48. The highest BCUT2D eigenvalue weighted by molar-refractivity contribution is 5.84. The molecular weight excluding hydrogens is 480 g/mol. The maximum atomic E-state index is 12.1.